The van der Waals surface area contributed by atoms with E-state index in [1.54, 1.807) is 13.1 Å². The first-order chi connectivity index (χ1) is 11.1. The molecule has 1 aromatic heterocycles. The smallest absolute Gasteiger partial charge is 0.257 e. The summed E-state index contributed by atoms with van der Waals surface area (Å²) in [6.45, 7) is 0.104. The van der Waals surface area contributed by atoms with Crippen molar-refractivity contribution in [3.8, 4) is 11.4 Å². The van der Waals surface area contributed by atoms with Crippen LogP contribution in [-0.2, 0) is 6.54 Å². The van der Waals surface area contributed by atoms with E-state index in [2.05, 4.69) is 10.1 Å². The van der Waals surface area contributed by atoms with E-state index in [-0.39, 0.29) is 18.0 Å². The van der Waals surface area contributed by atoms with Gasteiger partial charge in [0.2, 0.25) is 11.7 Å². The third-order valence-corrected chi connectivity index (χ3v) is 3.32. The van der Waals surface area contributed by atoms with Gasteiger partial charge in [0.1, 0.15) is 5.82 Å². The molecule has 23 heavy (non-hydrogen) atoms. The molecular formula is C17H14FN3O2. The minimum atomic E-state index is -0.556. The van der Waals surface area contributed by atoms with Crippen molar-refractivity contribution in [2.75, 3.05) is 7.05 Å². The highest BCUT2D eigenvalue weighted by atomic mass is 19.1. The molecule has 0 N–H and O–H groups in total. The SMILES string of the molecule is CN(Cc1nc(-c2ccccc2)no1)C(=O)c1ccccc1F. The normalized spacial score (nSPS) is 10.5. The number of aromatic nitrogens is 2. The van der Waals surface area contributed by atoms with E-state index in [0.29, 0.717) is 5.82 Å². The van der Waals surface area contributed by atoms with Crippen LogP contribution in [-0.4, -0.2) is 28.0 Å². The summed E-state index contributed by atoms with van der Waals surface area (Å²) in [6.07, 6.45) is 0. The van der Waals surface area contributed by atoms with Crippen molar-refractivity contribution in [3.63, 3.8) is 0 Å². The van der Waals surface area contributed by atoms with Gasteiger partial charge in [0.25, 0.3) is 5.91 Å². The third-order valence-electron chi connectivity index (χ3n) is 3.32. The van der Waals surface area contributed by atoms with E-state index in [9.17, 15) is 9.18 Å². The maximum Gasteiger partial charge on any atom is 0.257 e. The molecule has 0 radical (unpaired) electrons. The summed E-state index contributed by atoms with van der Waals surface area (Å²) in [6, 6.07) is 15.2. The summed E-state index contributed by atoms with van der Waals surface area (Å²) in [7, 11) is 1.56. The number of carbonyl (C=O) groups is 1. The molecule has 0 bridgehead atoms. The van der Waals surface area contributed by atoms with Crippen molar-refractivity contribution in [2.24, 2.45) is 0 Å². The van der Waals surface area contributed by atoms with E-state index in [1.165, 1.54) is 23.1 Å². The minimum absolute atomic E-state index is 0.0119. The first kappa shape index (κ1) is 14.9. The fourth-order valence-electron chi connectivity index (χ4n) is 2.14. The van der Waals surface area contributed by atoms with E-state index in [0.717, 1.165) is 5.56 Å². The molecule has 0 unspecified atom stereocenters. The van der Waals surface area contributed by atoms with Gasteiger partial charge in [0.15, 0.2) is 0 Å². The maximum atomic E-state index is 13.7. The lowest BCUT2D eigenvalue weighted by atomic mass is 10.2. The van der Waals surface area contributed by atoms with Crippen LogP contribution in [0.25, 0.3) is 11.4 Å². The van der Waals surface area contributed by atoms with Crippen molar-refractivity contribution >= 4 is 5.91 Å². The maximum absolute atomic E-state index is 13.7. The summed E-state index contributed by atoms with van der Waals surface area (Å²) in [5, 5.41) is 3.89. The second-order valence-corrected chi connectivity index (χ2v) is 5.02. The predicted octanol–water partition coefficient (Wildman–Crippen LogP) is 3.15. The van der Waals surface area contributed by atoms with Gasteiger partial charge in [-0.2, -0.15) is 4.98 Å². The Balaban J connectivity index is 1.74. The molecule has 6 heteroatoms. The van der Waals surface area contributed by atoms with Crippen LogP contribution in [0.15, 0.2) is 59.1 Å². The second-order valence-electron chi connectivity index (χ2n) is 5.02. The molecule has 0 aliphatic carbocycles. The van der Waals surface area contributed by atoms with Crippen LogP contribution in [0.4, 0.5) is 4.39 Å². The molecule has 3 aromatic rings. The number of carbonyl (C=O) groups excluding carboxylic acids is 1. The van der Waals surface area contributed by atoms with Crippen LogP contribution >= 0.6 is 0 Å². The Morgan fingerprint density at radius 3 is 2.57 bits per heavy atom. The van der Waals surface area contributed by atoms with Gasteiger partial charge >= 0.3 is 0 Å². The summed E-state index contributed by atoms with van der Waals surface area (Å²) >= 11 is 0. The summed E-state index contributed by atoms with van der Waals surface area (Å²) in [5.41, 5.74) is 0.836. The number of halogens is 1. The molecule has 0 spiro atoms. The number of rotatable bonds is 4. The van der Waals surface area contributed by atoms with Gasteiger partial charge in [-0.15, -0.1) is 0 Å². The first-order valence-electron chi connectivity index (χ1n) is 7.03. The topological polar surface area (TPSA) is 59.2 Å². The molecule has 0 atom stereocenters. The lowest BCUT2D eigenvalue weighted by Crippen LogP contribution is -2.27. The van der Waals surface area contributed by atoms with Gasteiger partial charge in [-0.25, -0.2) is 4.39 Å². The molecule has 0 fully saturated rings. The van der Waals surface area contributed by atoms with Crippen LogP contribution in [0.3, 0.4) is 0 Å². The van der Waals surface area contributed by atoms with Crippen LogP contribution in [0.1, 0.15) is 16.2 Å². The average Bonchev–Trinajstić information content (AvgIpc) is 3.04. The molecular weight excluding hydrogens is 297 g/mol. The fourth-order valence-corrected chi connectivity index (χ4v) is 2.14. The number of benzene rings is 2. The van der Waals surface area contributed by atoms with Crippen molar-refractivity contribution in [3.05, 3.63) is 71.9 Å². The zero-order chi connectivity index (χ0) is 16.2. The zero-order valence-electron chi connectivity index (χ0n) is 12.4. The molecule has 0 aliphatic heterocycles. The van der Waals surface area contributed by atoms with Crippen LogP contribution in [0, 0.1) is 5.82 Å². The number of amides is 1. The highest BCUT2D eigenvalue weighted by molar-refractivity contribution is 5.94. The summed E-state index contributed by atoms with van der Waals surface area (Å²) in [5.74, 6) is -0.259. The fraction of sp³-hybridized carbons (Fsp3) is 0.118. The van der Waals surface area contributed by atoms with Crippen LogP contribution < -0.4 is 0 Å². The van der Waals surface area contributed by atoms with Gasteiger partial charge in [-0.1, -0.05) is 47.6 Å². The monoisotopic (exact) mass is 311 g/mol. The quantitative estimate of drug-likeness (QED) is 0.742. The van der Waals surface area contributed by atoms with E-state index in [1.807, 2.05) is 30.3 Å². The molecule has 0 saturated heterocycles. The molecule has 5 nitrogen and oxygen atoms in total. The summed E-state index contributed by atoms with van der Waals surface area (Å²) < 4.78 is 18.8. The van der Waals surface area contributed by atoms with Gasteiger partial charge in [0, 0.05) is 12.6 Å². The van der Waals surface area contributed by atoms with E-state index in [4.69, 9.17) is 4.52 Å². The van der Waals surface area contributed by atoms with Crippen molar-refractivity contribution in [1.82, 2.24) is 15.0 Å². The van der Waals surface area contributed by atoms with Crippen LogP contribution in [0.2, 0.25) is 0 Å². The predicted molar refractivity (Wildman–Crippen MR) is 81.9 cm³/mol. The van der Waals surface area contributed by atoms with Gasteiger partial charge in [-0.3, -0.25) is 4.79 Å². The minimum Gasteiger partial charge on any atom is -0.337 e. The molecule has 116 valence electrons. The second kappa shape index (κ2) is 6.39. The Morgan fingerprint density at radius 2 is 1.83 bits per heavy atom. The van der Waals surface area contributed by atoms with E-state index < -0.39 is 11.7 Å². The van der Waals surface area contributed by atoms with Crippen molar-refractivity contribution in [1.29, 1.82) is 0 Å². The molecule has 0 aliphatic rings. The lowest BCUT2D eigenvalue weighted by Gasteiger charge is -2.14. The van der Waals surface area contributed by atoms with Crippen molar-refractivity contribution < 1.29 is 13.7 Å². The standard InChI is InChI=1S/C17H14FN3O2/c1-21(17(22)13-9-5-6-10-14(13)18)11-15-19-16(20-23-15)12-7-3-2-4-8-12/h2-10H,11H2,1H3. The highest BCUT2D eigenvalue weighted by Gasteiger charge is 2.18. The van der Waals surface area contributed by atoms with E-state index >= 15 is 0 Å². The van der Waals surface area contributed by atoms with Gasteiger partial charge < -0.3 is 9.42 Å². The van der Waals surface area contributed by atoms with Gasteiger partial charge in [0.05, 0.1) is 12.1 Å². The number of hydrogen-bond acceptors (Lipinski definition) is 4. The Labute approximate surface area is 132 Å². The van der Waals surface area contributed by atoms with Gasteiger partial charge in [-0.05, 0) is 12.1 Å². The average molecular weight is 311 g/mol. The molecule has 3 rings (SSSR count). The Morgan fingerprint density at radius 1 is 1.13 bits per heavy atom. The molecule has 1 heterocycles. The van der Waals surface area contributed by atoms with Crippen molar-refractivity contribution in [2.45, 2.75) is 6.54 Å². The number of hydrogen-bond donors (Lipinski definition) is 0. The molecule has 2 aromatic carbocycles. The van der Waals surface area contributed by atoms with Crippen LogP contribution in [0.5, 0.6) is 0 Å². The highest BCUT2D eigenvalue weighted by Crippen LogP contribution is 2.16. The Bertz CT molecular complexity index is 817. The third kappa shape index (κ3) is 3.26. The number of nitrogens with zero attached hydrogens (tertiary/aromatic N) is 3. The Kier molecular flexibility index (Phi) is 4.14. The first-order valence-corrected chi connectivity index (χ1v) is 7.03. The largest absolute Gasteiger partial charge is 0.337 e. The molecule has 1 amide bonds. The lowest BCUT2D eigenvalue weighted by molar-refractivity contribution is 0.0765. The molecule has 0 saturated carbocycles. The Hall–Kier alpha value is -3.02. The summed E-state index contributed by atoms with van der Waals surface area (Å²) in [4.78, 5) is 17.8. The zero-order valence-corrected chi connectivity index (χ0v) is 12.4.